The lowest BCUT2D eigenvalue weighted by Crippen LogP contribution is -2.39. The van der Waals surface area contributed by atoms with Gasteiger partial charge >= 0.3 is 0 Å². The Hall–Kier alpha value is -2.66. The first-order chi connectivity index (χ1) is 9.66. The summed E-state index contributed by atoms with van der Waals surface area (Å²) in [4.78, 5) is 18.5. The summed E-state index contributed by atoms with van der Waals surface area (Å²) in [6.07, 6.45) is 7.43. The number of nitrogens with zero attached hydrogens (tertiary/aromatic N) is 3. The second kappa shape index (κ2) is 4.79. The highest BCUT2D eigenvalue weighted by Crippen LogP contribution is 2.22. The van der Waals surface area contributed by atoms with E-state index in [0.717, 1.165) is 16.1 Å². The first kappa shape index (κ1) is 12.4. The number of aliphatic imine (C=N–C) groups is 1. The molecule has 100 valence electrons. The molecule has 1 aromatic carbocycles. The molecule has 0 spiro atoms. The van der Waals surface area contributed by atoms with E-state index in [4.69, 9.17) is 5.84 Å². The predicted molar refractivity (Wildman–Crippen MR) is 77.1 cm³/mol. The number of hydrogen-bond donors (Lipinski definition) is 1. The fourth-order valence-corrected chi connectivity index (χ4v) is 2.06. The summed E-state index contributed by atoms with van der Waals surface area (Å²) in [5.74, 6) is 6.02. The Morgan fingerprint density at radius 1 is 1.10 bits per heavy atom. The summed E-state index contributed by atoms with van der Waals surface area (Å²) in [6.45, 7) is 0. The van der Waals surface area contributed by atoms with Crippen molar-refractivity contribution in [1.82, 2.24) is 9.91 Å². The minimum atomic E-state index is -0.294. The van der Waals surface area contributed by atoms with E-state index < -0.39 is 0 Å². The zero-order valence-corrected chi connectivity index (χ0v) is 11.0. The number of carbonyl (C=O) groups excluding carboxylic acids is 1. The van der Waals surface area contributed by atoms with Crippen molar-refractivity contribution in [3.63, 3.8) is 0 Å². The average Bonchev–Trinajstić information content (AvgIpc) is 2.77. The van der Waals surface area contributed by atoms with Crippen molar-refractivity contribution in [2.45, 2.75) is 0 Å². The van der Waals surface area contributed by atoms with Crippen LogP contribution < -0.4 is 5.84 Å². The fraction of sp³-hybridized carbons (Fsp3) is 0.0667. The van der Waals surface area contributed by atoms with Crippen LogP contribution in [0.2, 0.25) is 0 Å². The summed E-state index contributed by atoms with van der Waals surface area (Å²) in [5.41, 5.74) is 1.95. The Labute approximate surface area is 117 Å². The van der Waals surface area contributed by atoms with Crippen LogP contribution in [0.4, 0.5) is 0 Å². The van der Waals surface area contributed by atoms with Gasteiger partial charge in [-0.25, -0.2) is 15.8 Å². The molecule has 5 heteroatoms. The molecule has 2 aliphatic heterocycles. The molecular formula is C15H14N4O. The minimum Gasteiger partial charge on any atom is -0.357 e. The monoisotopic (exact) mass is 266 g/mol. The first-order valence-electron chi connectivity index (χ1n) is 6.23. The Morgan fingerprint density at radius 3 is 2.40 bits per heavy atom. The second-order valence-corrected chi connectivity index (χ2v) is 4.58. The molecule has 0 bridgehead atoms. The summed E-state index contributed by atoms with van der Waals surface area (Å²) in [5, 5.41) is 1.09. The molecule has 0 saturated heterocycles. The van der Waals surface area contributed by atoms with Crippen molar-refractivity contribution >= 4 is 11.7 Å². The molecule has 20 heavy (non-hydrogen) atoms. The van der Waals surface area contributed by atoms with Crippen LogP contribution in [-0.4, -0.2) is 28.7 Å². The highest BCUT2D eigenvalue weighted by Gasteiger charge is 2.30. The number of benzene rings is 1. The summed E-state index contributed by atoms with van der Waals surface area (Å²) in [6, 6.07) is 9.43. The zero-order valence-electron chi connectivity index (χ0n) is 11.0. The molecule has 0 radical (unpaired) electrons. The first-order valence-corrected chi connectivity index (χ1v) is 6.23. The highest BCUT2D eigenvalue weighted by molar-refractivity contribution is 6.18. The maximum atomic E-state index is 12.2. The minimum absolute atomic E-state index is 0.294. The van der Waals surface area contributed by atoms with Gasteiger partial charge in [0.05, 0.1) is 0 Å². The summed E-state index contributed by atoms with van der Waals surface area (Å²) in [7, 11) is 1.92. The SMILES string of the molecule is CN1C=CC(=C2N=C(c3ccccc3)N(N)C2=O)C=C1. The number of amidine groups is 1. The third kappa shape index (κ3) is 2.04. The van der Waals surface area contributed by atoms with E-state index in [1.165, 1.54) is 0 Å². The third-order valence-corrected chi connectivity index (χ3v) is 3.15. The highest BCUT2D eigenvalue weighted by atomic mass is 16.2. The Kier molecular flexibility index (Phi) is 2.96. The lowest BCUT2D eigenvalue weighted by molar-refractivity contribution is -0.122. The van der Waals surface area contributed by atoms with Gasteiger partial charge in [0.15, 0.2) is 5.84 Å². The van der Waals surface area contributed by atoms with E-state index in [9.17, 15) is 4.79 Å². The van der Waals surface area contributed by atoms with Crippen molar-refractivity contribution in [2.75, 3.05) is 7.05 Å². The molecular weight excluding hydrogens is 252 g/mol. The van der Waals surface area contributed by atoms with E-state index in [-0.39, 0.29) is 5.91 Å². The number of hydrogen-bond acceptors (Lipinski definition) is 4. The number of hydrazine groups is 1. The smallest absolute Gasteiger partial charge is 0.293 e. The van der Waals surface area contributed by atoms with Gasteiger partial charge in [-0.3, -0.25) is 4.79 Å². The van der Waals surface area contributed by atoms with E-state index in [0.29, 0.717) is 11.5 Å². The molecule has 0 unspecified atom stereocenters. The lowest BCUT2D eigenvalue weighted by Gasteiger charge is -2.13. The van der Waals surface area contributed by atoms with Crippen LogP contribution in [0.3, 0.4) is 0 Å². The van der Waals surface area contributed by atoms with Gasteiger partial charge in [0.25, 0.3) is 5.91 Å². The molecule has 0 fully saturated rings. The molecule has 1 aromatic rings. The van der Waals surface area contributed by atoms with Crippen LogP contribution in [-0.2, 0) is 4.79 Å². The quantitative estimate of drug-likeness (QED) is 0.474. The maximum Gasteiger partial charge on any atom is 0.293 e. The van der Waals surface area contributed by atoms with Crippen LogP contribution in [0.25, 0.3) is 0 Å². The molecule has 5 nitrogen and oxygen atoms in total. The number of allylic oxidation sites excluding steroid dienone is 3. The molecule has 0 aliphatic carbocycles. The van der Waals surface area contributed by atoms with E-state index in [1.54, 1.807) is 0 Å². The number of amides is 1. The molecule has 0 aromatic heterocycles. The van der Waals surface area contributed by atoms with Gasteiger partial charge in [-0.15, -0.1) is 0 Å². The van der Waals surface area contributed by atoms with Crippen LogP contribution in [0.15, 0.2) is 71.1 Å². The van der Waals surface area contributed by atoms with Gasteiger partial charge in [0.1, 0.15) is 5.70 Å². The molecule has 1 amide bonds. The Balaban J connectivity index is 2.05. The van der Waals surface area contributed by atoms with Gasteiger partial charge in [-0.1, -0.05) is 30.3 Å². The zero-order chi connectivity index (χ0) is 14.1. The topological polar surface area (TPSA) is 61.9 Å². The number of carbonyl (C=O) groups is 1. The van der Waals surface area contributed by atoms with Gasteiger partial charge in [-0.05, 0) is 12.2 Å². The number of nitrogens with two attached hydrogens (primary N) is 1. The summed E-state index contributed by atoms with van der Waals surface area (Å²) >= 11 is 0. The van der Waals surface area contributed by atoms with Crippen molar-refractivity contribution < 1.29 is 4.79 Å². The Bertz CT molecular complexity index is 654. The Morgan fingerprint density at radius 2 is 1.75 bits per heavy atom. The molecule has 2 aliphatic rings. The molecule has 0 atom stereocenters. The molecule has 2 N–H and O–H groups in total. The molecule has 0 saturated carbocycles. The predicted octanol–water partition coefficient (Wildman–Crippen LogP) is 1.38. The third-order valence-electron chi connectivity index (χ3n) is 3.15. The largest absolute Gasteiger partial charge is 0.357 e. The van der Waals surface area contributed by atoms with Crippen molar-refractivity contribution in [1.29, 1.82) is 0 Å². The van der Waals surface area contributed by atoms with Crippen molar-refractivity contribution in [3.05, 3.63) is 71.7 Å². The normalized spacial score (nSPS) is 18.1. The molecule has 3 rings (SSSR count). The van der Waals surface area contributed by atoms with E-state index in [1.807, 2.05) is 66.8 Å². The van der Waals surface area contributed by atoms with Crippen molar-refractivity contribution in [2.24, 2.45) is 10.8 Å². The van der Waals surface area contributed by atoms with Crippen LogP contribution >= 0.6 is 0 Å². The van der Waals surface area contributed by atoms with Gasteiger partial charge < -0.3 is 4.90 Å². The summed E-state index contributed by atoms with van der Waals surface area (Å²) < 4.78 is 0. The van der Waals surface area contributed by atoms with Crippen LogP contribution in [0.5, 0.6) is 0 Å². The maximum absolute atomic E-state index is 12.2. The lowest BCUT2D eigenvalue weighted by atomic mass is 10.1. The van der Waals surface area contributed by atoms with Crippen LogP contribution in [0.1, 0.15) is 5.56 Å². The van der Waals surface area contributed by atoms with Crippen LogP contribution in [0, 0.1) is 0 Å². The van der Waals surface area contributed by atoms with Gasteiger partial charge in [-0.2, -0.15) is 0 Å². The second-order valence-electron chi connectivity index (χ2n) is 4.58. The van der Waals surface area contributed by atoms with Gasteiger partial charge in [0, 0.05) is 30.6 Å². The average molecular weight is 266 g/mol. The van der Waals surface area contributed by atoms with Crippen molar-refractivity contribution in [3.8, 4) is 0 Å². The molecule has 2 heterocycles. The standard InChI is InChI=1S/C15H14N4O/c1-18-9-7-11(8-10-18)13-15(20)19(16)14(17-13)12-5-3-2-4-6-12/h2-10H,16H2,1H3. The number of rotatable bonds is 1. The van der Waals surface area contributed by atoms with Gasteiger partial charge in [0.2, 0.25) is 0 Å². The fourth-order valence-electron chi connectivity index (χ4n) is 2.06. The van der Waals surface area contributed by atoms with E-state index >= 15 is 0 Å². The van der Waals surface area contributed by atoms with E-state index in [2.05, 4.69) is 4.99 Å².